The zero-order valence-electron chi connectivity index (χ0n) is 50.0. The van der Waals surface area contributed by atoms with Crippen LogP contribution in [0, 0.1) is 29.6 Å². The monoisotopic (exact) mass is 1120 g/mol. The molecule has 0 bridgehead atoms. The third kappa shape index (κ3) is 22.9. The molecule has 1 aromatic carbocycles. The number of carbonyl (C=O) groups excluding carboxylic acids is 8. The minimum atomic E-state index is -1.00. The summed E-state index contributed by atoms with van der Waals surface area (Å²) < 4.78 is 27.0. The molecule has 0 spiro atoms. The highest BCUT2D eigenvalue weighted by atomic mass is 16.7. The number of amides is 7. The van der Waals surface area contributed by atoms with Crippen molar-refractivity contribution in [3.8, 4) is 0 Å². The Morgan fingerprint density at radius 1 is 0.772 bits per heavy atom. The first kappa shape index (κ1) is 69.7. The number of benzene rings is 1. The van der Waals surface area contributed by atoms with Crippen molar-refractivity contribution in [2.45, 2.75) is 175 Å². The highest BCUT2D eigenvalue weighted by Gasteiger charge is 2.43. The molecule has 2 rings (SSSR count). The normalized spacial score (nSPS) is 17.7. The van der Waals surface area contributed by atoms with E-state index < -0.39 is 84.4 Å². The van der Waals surface area contributed by atoms with Crippen molar-refractivity contribution >= 4 is 47.5 Å². The number of hydrogen-bond donors (Lipinski definition) is 6. The molecule has 1 heterocycles. The van der Waals surface area contributed by atoms with Crippen LogP contribution in [0.5, 0.6) is 0 Å². The Morgan fingerprint density at radius 3 is 2.01 bits per heavy atom. The number of nitrogens with zero attached hydrogens (tertiary/aromatic N) is 3. The van der Waals surface area contributed by atoms with Crippen molar-refractivity contribution in [3.05, 3.63) is 35.9 Å². The maximum atomic E-state index is 14.4. The van der Waals surface area contributed by atoms with Gasteiger partial charge in [-0.05, 0) is 75.9 Å². The minimum Gasteiger partial charge on any atom is -0.464 e. The molecule has 22 nitrogen and oxygen atoms in total. The Labute approximate surface area is 470 Å². The molecule has 1 aliphatic rings. The number of methoxy groups -OCH3 is 2. The molecule has 22 heteroatoms. The van der Waals surface area contributed by atoms with Crippen LogP contribution in [-0.4, -0.2) is 197 Å². The van der Waals surface area contributed by atoms with Crippen LogP contribution >= 0.6 is 0 Å². The Kier molecular flexibility index (Phi) is 31.8. The molecule has 1 aliphatic heterocycles. The first-order valence-electron chi connectivity index (χ1n) is 28.2. The smallest absolute Gasteiger partial charge is 0.407 e. The van der Waals surface area contributed by atoms with Gasteiger partial charge >= 0.3 is 12.1 Å². The molecule has 0 aliphatic carbocycles. The van der Waals surface area contributed by atoms with Gasteiger partial charge in [0.25, 0.3) is 0 Å². The second-order valence-electron chi connectivity index (χ2n) is 21.8. The molecule has 0 saturated carbocycles. The predicted octanol–water partition coefficient (Wildman–Crippen LogP) is 3.41. The van der Waals surface area contributed by atoms with Gasteiger partial charge in [0, 0.05) is 66.2 Å². The van der Waals surface area contributed by atoms with Gasteiger partial charge < -0.3 is 65.2 Å². The number of aliphatic hydroxyl groups is 1. The van der Waals surface area contributed by atoms with Gasteiger partial charge in [-0.15, -0.1) is 0 Å². The lowest BCUT2D eigenvalue weighted by Crippen LogP contribution is -2.58. The van der Waals surface area contributed by atoms with Crippen LogP contribution in [0.2, 0.25) is 0 Å². The number of likely N-dealkylation sites (tertiary alicyclic amines) is 1. The van der Waals surface area contributed by atoms with E-state index >= 15 is 0 Å². The summed E-state index contributed by atoms with van der Waals surface area (Å²) in [5, 5.41) is 23.1. The number of ether oxygens (including phenoxy) is 5. The summed E-state index contributed by atoms with van der Waals surface area (Å²) in [4.78, 5) is 113. The number of hydrogen-bond acceptors (Lipinski definition) is 15. The van der Waals surface area contributed by atoms with Crippen LogP contribution in [0.3, 0.4) is 0 Å². The number of rotatable bonds is 36. The van der Waals surface area contributed by atoms with Gasteiger partial charge in [-0.3, -0.25) is 33.7 Å². The number of likely N-dealkylation sites (N-methyl/N-ethyl adjacent to an activating group) is 2. The van der Waals surface area contributed by atoms with Crippen molar-refractivity contribution in [2.24, 2.45) is 29.6 Å². The Balaban J connectivity index is 2.04. The maximum absolute atomic E-state index is 14.4. The van der Waals surface area contributed by atoms with E-state index in [1.807, 2.05) is 90.9 Å². The van der Waals surface area contributed by atoms with Crippen LogP contribution in [0.25, 0.3) is 0 Å². The van der Waals surface area contributed by atoms with E-state index in [0.717, 1.165) is 12.0 Å². The third-order valence-corrected chi connectivity index (χ3v) is 14.7. The maximum Gasteiger partial charge on any atom is 0.407 e. The molecule has 450 valence electrons. The van der Waals surface area contributed by atoms with Gasteiger partial charge in [-0.2, -0.15) is 0 Å². The van der Waals surface area contributed by atoms with E-state index in [1.54, 1.807) is 23.8 Å². The zero-order valence-corrected chi connectivity index (χ0v) is 50.0. The van der Waals surface area contributed by atoms with Crippen LogP contribution in [0.15, 0.2) is 30.3 Å². The molecular weight excluding hydrogens is 1020 g/mol. The second kappa shape index (κ2) is 36.0. The highest BCUT2D eigenvalue weighted by molar-refractivity contribution is 5.91. The summed E-state index contributed by atoms with van der Waals surface area (Å²) >= 11 is 0. The summed E-state index contributed by atoms with van der Waals surface area (Å²) in [6, 6.07) is 5.32. The van der Waals surface area contributed by atoms with Crippen LogP contribution in [0.4, 0.5) is 4.79 Å². The predicted molar refractivity (Wildman–Crippen MR) is 299 cm³/mol. The Bertz CT molecular complexity index is 2040. The molecule has 1 saturated heterocycles. The highest BCUT2D eigenvalue weighted by Crippen LogP contribution is 2.31. The van der Waals surface area contributed by atoms with Gasteiger partial charge in [0.05, 0.1) is 43.4 Å². The number of carbonyl (C=O) groups is 8. The molecule has 7 amide bonds. The molecule has 0 aromatic heterocycles. The molecular formula is C57H98N8O14. The zero-order chi connectivity index (χ0) is 59.5. The molecule has 12 atom stereocenters. The summed E-state index contributed by atoms with van der Waals surface area (Å²) in [6.45, 7) is 18.8. The standard InChI is InChI=1S/C57H98N8O14/c1-16-37(7)50(64(13)55(72)48(35(3)4)62-54(71)49(36(5)6)63(11)12)38(8)31-46(68)65-29-21-25-44(65)51(76-15)39(9)52(69)61-43(32-41-23-19-18-20-24-41)53(70)58-27-22-30-77-56(73)40(10)60-45(67)26-28-59-57(74)78-34-47(75-14)79-42(17-2)33-66/h18-20,23-24,35-40,42-44,47-51,66H,16-17,21-22,25-34H2,1-15H3,(H,58,70)(H,59,74)(H,60,67)(H,61,69)(H,62,71)/t37-,38+,39+,40-,42?,43-,44-,47?,48-,49-,50-,51+/m0/s1. The van der Waals surface area contributed by atoms with Gasteiger partial charge in [0.15, 0.2) is 6.29 Å². The van der Waals surface area contributed by atoms with Crippen molar-refractivity contribution in [1.29, 1.82) is 0 Å². The van der Waals surface area contributed by atoms with E-state index in [2.05, 4.69) is 40.4 Å². The molecule has 0 radical (unpaired) electrons. The fourth-order valence-corrected chi connectivity index (χ4v) is 10.2. The van der Waals surface area contributed by atoms with E-state index in [1.165, 1.54) is 21.1 Å². The van der Waals surface area contributed by atoms with E-state index in [-0.39, 0.29) is 106 Å². The summed E-state index contributed by atoms with van der Waals surface area (Å²) in [5.74, 6) is -3.82. The van der Waals surface area contributed by atoms with E-state index in [4.69, 9.17) is 23.7 Å². The topological polar surface area (TPSA) is 273 Å². The summed E-state index contributed by atoms with van der Waals surface area (Å²) in [6.07, 6.45) is 0.109. The summed E-state index contributed by atoms with van der Waals surface area (Å²) in [5.41, 5.74) is 0.809. The average Bonchev–Trinajstić information content (AvgIpc) is 3.90. The van der Waals surface area contributed by atoms with Gasteiger partial charge in [0.1, 0.15) is 24.7 Å². The van der Waals surface area contributed by atoms with Crippen molar-refractivity contribution in [2.75, 3.05) is 74.8 Å². The van der Waals surface area contributed by atoms with Crippen LogP contribution in [0.1, 0.15) is 120 Å². The molecule has 79 heavy (non-hydrogen) atoms. The average molecular weight is 1120 g/mol. The van der Waals surface area contributed by atoms with E-state index in [0.29, 0.717) is 25.8 Å². The molecule has 2 unspecified atom stereocenters. The van der Waals surface area contributed by atoms with Gasteiger partial charge in [0.2, 0.25) is 35.4 Å². The lowest BCUT2D eigenvalue weighted by atomic mass is 9.84. The first-order valence-corrected chi connectivity index (χ1v) is 28.2. The summed E-state index contributed by atoms with van der Waals surface area (Å²) in [7, 11) is 8.34. The Hall–Kier alpha value is -5.42. The van der Waals surface area contributed by atoms with Crippen molar-refractivity contribution < 1.29 is 67.1 Å². The fraction of sp³-hybridized carbons (Fsp3) is 0.754. The SMILES string of the molecule is CCC(CO)OC(COC(=O)NCCC(=O)N[C@@H](C)C(=O)OCCCNC(=O)[C@H](Cc1ccccc1)NC(=O)[C@H](C)[C@@H](OC)[C@@H]1CCCN1C(=O)C[C@@H](C)[C@H]([C@@H](C)CC)N(C)C(=O)[C@@H](NC(=O)[C@H](C(C)C)N(C)C)C(C)C)OC. The first-order chi connectivity index (χ1) is 37.4. The third-order valence-electron chi connectivity index (χ3n) is 14.7. The number of aliphatic hydroxyl groups excluding tert-OH is 1. The van der Waals surface area contributed by atoms with Crippen molar-refractivity contribution in [3.63, 3.8) is 0 Å². The quantitative estimate of drug-likeness (QED) is 0.0319. The van der Waals surface area contributed by atoms with Crippen LogP contribution in [-0.2, 0) is 63.7 Å². The lowest BCUT2D eigenvalue weighted by molar-refractivity contribution is -0.181. The molecule has 1 fully saturated rings. The largest absolute Gasteiger partial charge is 0.464 e. The second-order valence-corrected chi connectivity index (χ2v) is 21.8. The lowest BCUT2D eigenvalue weighted by Gasteiger charge is -2.40. The molecule has 1 aromatic rings. The number of esters is 1. The van der Waals surface area contributed by atoms with E-state index in [9.17, 15) is 43.5 Å². The number of alkyl carbamates (subject to hydrolysis) is 1. The van der Waals surface area contributed by atoms with Gasteiger partial charge in [-0.25, -0.2) is 9.59 Å². The minimum absolute atomic E-state index is 0.0244. The fourth-order valence-electron chi connectivity index (χ4n) is 10.2. The molecule has 6 N–H and O–H groups in total. The Morgan fingerprint density at radius 2 is 1.44 bits per heavy atom. The van der Waals surface area contributed by atoms with Crippen LogP contribution < -0.4 is 26.6 Å². The van der Waals surface area contributed by atoms with Gasteiger partial charge in [-0.1, -0.05) is 99.1 Å². The van der Waals surface area contributed by atoms with Crippen molar-refractivity contribution in [1.82, 2.24) is 41.3 Å². The number of nitrogens with one attached hydrogen (secondary N) is 5.